The molecule has 1 saturated heterocycles. The Labute approximate surface area is 88.1 Å². The zero-order valence-corrected chi connectivity index (χ0v) is 9.20. The van der Waals surface area contributed by atoms with Crippen molar-refractivity contribution in [2.75, 3.05) is 5.75 Å². The fourth-order valence-corrected chi connectivity index (χ4v) is 2.80. The molecule has 0 aliphatic carbocycles. The molecule has 0 spiro atoms. The molecule has 1 aliphatic heterocycles. The molecule has 1 heterocycles. The lowest BCUT2D eigenvalue weighted by molar-refractivity contribution is 0.598. The van der Waals surface area contributed by atoms with Crippen LogP contribution in [0.4, 0.5) is 4.39 Å². The highest BCUT2D eigenvalue weighted by atomic mass is 32.2. The number of rotatable bonds is 1. The first-order chi connectivity index (χ1) is 6.66. The molecular weight excluding hydrogens is 197 g/mol. The summed E-state index contributed by atoms with van der Waals surface area (Å²) in [6.45, 7) is 3.94. The standard InChI is InChI=1S/C11H14FNS/c1-7-3-4-9(5-10(7)12)11-13-8(2)6-14-11/h3-5,8,11,13H,6H2,1-2H3. The minimum absolute atomic E-state index is 0.107. The van der Waals surface area contributed by atoms with Crippen LogP contribution in [-0.4, -0.2) is 11.8 Å². The quantitative estimate of drug-likeness (QED) is 0.766. The van der Waals surface area contributed by atoms with E-state index in [0.717, 1.165) is 11.3 Å². The van der Waals surface area contributed by atoms with E-state index in [-0.39, 0.29) is 11.2 Å². The summed E-state index contributed by atoms with van der Waals surface area (Å²) in [6.07, 6.45) is 0. The maximum atomic E-state index is 13.3. The molecular formula is C11H14FNS. The topological polar surface area (TPSA) is 12.0 Å². The van der Waals surface area contributed by atoms with Gasteiger partial charge in [-0.15, -0.1) is 11.8 Å². The number of halogens is 1. The molecule has 2 rings (SSSR count). The summed E-state index contributed by atoms with van der Waals surface area (Å²) >= 11 is 1.84. The lowest BCUT2D eigenvalue weighted by Crippen LogP contribution is -2.21. The average molecular weight is 211 g/mol. The SMILES string of the molecule is Cc1ccc(C2NC(C)CS2)cc1F. The summed E-state index contributed by atoms with van der Waals surface area (Å²) in [5.41, 5.74) is 1.76. The summed E-state index contributed by atoms with van der Waals surface area (Å²) in [7, 11) is 0. The number of nitrogens with one attached hydrogen (secondary N) is 1. The van der Waals surface area contributed by atoms with Crippen LogP contribution in [0.2, 0.25) is 0 Å². The van der Waals surface area contributed by atoms with Gasteiger partial charge in [-0.3, -0.25) is 5.32 Å². The molecule has 0 amide bonds. The number of hydrogen-bond acceptors (Lipinski definition) is 2. The van der Waals surface area contributed by atoms with Gasteiger partial charge in [-0.05, 0) is 31.0 Å². The van der Waals surface area contributed by atoms with E-state index in [1.165, 1.54) is 0 Å². The van der Waals surface area contributed by atoms with Crippen molar-refractivity contribution in [3.8, 4) is 0 Å². The van der Waals surface area contributed by atoms with Crippen molar-refractivity contribution in [2.24, 2.45) is 0 Å². The summed E-state index contributed by atoms with van der Waals surface area (Å²) in [5.74, 6) is 0.990. The third kappa shape index (κ3) is 1.93. The molecule has 2 atom stereocenters. The zero-order valence-electron chi connectivity index (χ0n) is 8.38. The predicted octanol–water partition coefficient (Wildman–Crippen LogP) is 2.86. The van der Waals surface area contributed by atoms with E-state index < -0.39 is 0 Å². The first kappa shape index (κ1) is 9.99. The first-order valence-electron chi connectivity index (χ1n) is 4.80. The van der Waals surface area contributed by atoms with Gasteiger partial charge in [0, 0.05) is 11.8 Å². The zero-order chi connectivity index (χ0) is 10.1. The second-order valence-electron chi connectivity index (χ2n) is 3.79. The number of hydrogen-bond donors (Lipinski definition) is 1. The monoisotopic (exact) mass is 211 g/mol. The van der Waals surface area contributed by atoms with Crippen molar-refractivity contribution >= 4 is 11.8 Å². The smallest absolute Gasteiger partial charge is 0.126 e. The largest absolute Gasteiger partial charge is 0.298 e. The van der Waals surface area contributed by atoms with Crippen LogP contribution in [0.3, 0.4) is 0 Å². The molecule has 3 heteroatoms. The van der Waals surface area contributed by atoms with Gasteiger partial charge in [0.25, 0.3) is 0 Å². The van der Waals surface area contributed by atoms with Crippen LogP contribution in [-0.2, 0) is 0 Å². The van der Waals surface area contributed by atoms with Gasteiger partial charge in [-0.25, -0.2) is 4.39 Å². The van der Waals surface area contributed by atoms with E-state index in [1.54, 1.807) is 13.0 Å². The normalized spacial score (nSPS) is 26.8. The van der Waals surface area contributed by atoms with Gasteiger partial charge in [0.15, 0.2) is 0 Å². The van der Waals surface area contributed by atoms with Gasteiger partial charge in [0.05, 0.1) is 5.37 Å². The van der Waals surface area contributed by atoms with Crippen LogP contribution in [0, 0.1) is 12.7 Å². The van der Waals surface area contributed by atoms with Crippen LogP contribution in [0.5, 0.6) is 0 Å². The fraction of sp³-hybridized carbons (Fsp3) is 0.455. The minimum atomic E-state index is -0.107. The molecule has 0 bridgehead atoms. The highest BCUT2D eigenvalue weighted by molar-refractivity contribution is 7.99. The Morgan fingerprint density at radius 2 is 2.29 bits per heavy atom. The first-order valence-corrected chi connectivity index (χ1v) is 5.85. The van der Waals surface area contributed by atoms with E-state index >= 15 is 0 Å². The second-order valence-corrected chi connectivity index (χ2v) is 4.93. The Bertz CT molecular complexity index is 340. The average Bonchev–Trinajstić information content (AvgIpc) is 2.57. The van der Waals surface area contributed by atoms with E-state index in [0.29, 0.717) is 11.6 Å². The molecule has 76 valence electrons. The van der Waals surface area contributed by atoms with Crippen molar-refractivity contribution in [1.82, 2.24) is 5.32 Å². The van der Waals surface area contributed by atoms with Crippen molar-refractivity contribution < 1.29 is 4.39 Å². The van der Waals surface area contributed by atoms with Crippen molar-refractivity contribution in [2.45, 2.75) is 25.3 Å². The number of thioether (sulfide) groups is 1. The van der Waals surface area contributed by atoms with E-state index in [9.17, 15) is 4.39 Å². The minimum Gasteiger partial charge on any atom is -0.298 e. The molecule has 1 aromatic rings. The maximum absolute atomic E-state index is 13.3. The van der Waals surface area contributed by atoms with Gasteiger partial charge in [-0.1, -0.05) is 12.1 Å². The summed E-state index contributed by atoms with van der Waals surface area (Å²) in [5, 5.41) is 3.68. The van der Waals surface area contributed by atoms with Gasteiger partial charge in [-0.2, -0.15) is 0 Å². The molecule has 14 heavy (non-hydrogen) atoms. The van der Waals surface area contributed by atoms with Gasteiger partial charge >= 0.3 is 0 Å². The molecule has 1 nitrogen and oxygen atoms in total. The van der Waals surface area contributed by atoms with Gasteiger partial charge < -0.3 is 0 Å². The predicted molar refractivity (Wildman–Crippen MR) is 58.9 cm³/mol. The highest BCUT2D eigenvalue weighted by Gasteiger charge is 2.22. The highest BCUT2D eigenvalue weighted by Crippen LogP contribution is 2.32. The Morgan fingerprint density at radius 1 is 1.50 bits per heavy atom. The van der Waals surface area contributed by atoms with E-state index in [1.807, 2.05) is 23.9 Å². The second kappa shape index (κ2) is 3.91. The summed E-state index contributed by atoms with van der Waals surface area (Å²) < 4.78 is 13.3. The molecule has 1 aromatic carbocycles. The fourth-order valence-electron chi connectivity index (χ4n) is 1.56. The molecule has 0 saturated carbocycles. The molecule has 2 unspecified atom stereocenters. The lowest BCUT2D eigenvalue weighted by atomic mass is 10.1. The van der Waals surface area contributed by atoms with Crippen LogP contribution in [0.15, 0.2) is 18.2 Å². The molecule has 1 N–H and O–H groups in total. The Kier molecular flexibility index (Phi) is 2.79. The Hall–Kier alpha value is -0.540. The third-order valence-electron chi connectivity index (χ3n) is 2.45. The maximum Gasteiger partial charge on any atom is 0.126 e. The molecule has 1 fully saturated rings. The molecule has 1 aliphatic rings. The number of aryl methyl sites for hydroxylation is 1. The lowest BCUT2D eigenvalue weighted by Gasteiger charge is -2.11. The van der Waals surface area contributed by atoms with Crippen LogP contribution < -0.4 is 5.32 Å². The van der Waals surface area contributed by atoms with E-state index in [4.69, 9.17) is 0 Å². The Balaban J connectivity index is 2.20. The third-order valence-corrected chi connectivity index (χ3v) is 3.88. The van der Waals surface area contributed by atoms with Gasteiger partial charge in [0.2, 0.25) is 0 Å². The number of benzene rings is 1. The summed E-state index contributed by atoms with van der Waals surface area (Å²) in [6, 6.07) is 6.00. The van der Waals surface area contributed by atoms with Crippen molar-refractivity contribution in [3.63, 3.8) is 0 Å². The van der Waals surface area contributed by atoms with Crippen LogP contribution >= 0.6 is 11.8 Å². The van der Waals surface area contributed by atoms with Crippen LogP contribution in [0.1, 0.15) is 23.4 Å². The van der Waals surface area contributed by atoms with Crippen molar-refractivity contribution in [3.05, 3.63) is 35.1 Å². The van der Waals surface area contributed by atoms with Gasteiger partial charge in [0.1, 0.15) is 5.82 Å². The molecule has 0 radical (unpaired) electrons. The van der Waals surface area contributed by atoms with Crippen molar-refractivity contribution in [1.29, 1.82) is 0 Å². The Morgan fingerprint density at radius 3 is 2.86 bits per heavy atom. The van der Waals surface area contributed by atoms with E-state index in [2.05, 4.69) is 12.2 Å². The van der Waals surface area contributed by atoms with Crippen LogP contribution in [0.25, 0.3) is 0 Å². The molecule has 0 aromatic heterocycles. The summed E-state index contributed by atoms with van der Waals surface area (Å²) in [4.78, 5) is 0.